The summed E-state index contributed by atoms with van der Waals surface area (Å²) >= 11 is 0. The molecule has 1 aromatic carbocycles. The molecule has 10 nitrogen and oxygen atoms in total. The zero-order chi connectivity index (χ0) is 20.5. The van der Waals surface area contributed by atoms with Crippen LogP contribution in [-0.4, -0.2) is 73.2 Å². The summed E-state index contributed by atoms with van der Waals surface area (Å²) < 4.78 is 7.15. The van der Waals surface area contributed by atoms with Crippen molar-refractivity contribution < 1.29 is 19.4 Å². The lowest BCUT2D eigenvalue weighted by Gasteiger charge is -2.39. The fourth-order valence-corrected chi connectivity index (χ4v) is 3.72. The Bertz CT molecular complexity index is 1040. The van der Waals surface area contributed by atoms with Gasteiger partial charge in [0.2, 0.25) is 5.91 Å². The first kappa shape index (κ1) is 18.8. The van der Waals surface area contributed by atoms with E-state index in [0.717, 1.165) is 16.9 Å². The van der Waals surface area contributed by atoms with Crippen molar-refractivity contribution in [3.05, 3.63) is 42.2 Å². The Hall–Kier alpha value is -3.56. The lowest BCUT2D eigenvalue weighted by atomic mass is 10.1. The Labute approximate surface area is 166 Å². The minimum atomic E-state index is -1.00. The van der Waals surface area contributed by atoms with Crippen molar-refractivity contribution in [1.29, 1.82) is 0 Å². The number of nitrogens with zero attached hydrogens (tertiary/aromatic N) is 5. The first-order valence-electron chi connectivity index (χ1n) is 9.25. The van der Waals surface area contributed by atoms with Crippen LogP contribution in [0.5, 0.6) is 5.75 Å². The second-order valence-corrected chi connectivity index (χ2v) is 6.91. The van der Waals surface area contributed by atoms with Gasteiger partial charge >= 0.3 is 6.09 Å². The molecule has 1 unspecified atom stereocenters. The fourth-order valence-electron chi connectivity index (χ4n) is 3.72. The zero-order valence-electron chi connectivity index (χ0n) is 16.2. The Kier molecular flexibility index (Phi) is 4.83. The molecule has 29 heavy (non-hydrogen) atoms. The van der Waals surface area contributed by atoms with Crippen molar-refractivity contribution in [3.8, 4) is 5.75 Å². The SMILES string of the molecule is COc1ccc2nc(C)n(CC(=O)N3CCN(C(=O)O)CC3c3ncc[nH]3)c2c1. The number of nitrogens with one attached hydrogen (secondary N) is 1. The zero-order valence-corrected chi connectivity index (χ0v) is 16.2. The van der Waals surface area contributed by atoms with Crippen molar-refractivity contribution in [2.45, 2.75) is 19.5 Å². The summed E-state index contributed by atoms with van der Waals surface area (Å²) in [5.41, 5.74) is 1.60. The molecule has 1 atom stereocenters. The van der Waals surface area contributed by atoms with Crippen molar-refractivity contribution in [2.24, 2.45) is 0 Å². The summed E-state index contributed by atoms with van der Waals surface area (Å²) in [6.45, 7) is 2.68. The molecule has 1 aliphatic heterocycles. The van der Waals surface area contributed by atoms with Gasteiger partial charge in [0.25, 0.3) is 0 Å². The number of aryl methyl sites for hydroxylation is 1. The molecule has 10 heteroatoms. The molecule has 0 saturated carbocycles. The average molecular weight is 398 g/mol. The van der Waals surface area contributed by atoms with E-state index in [1.807, 2.05) is 29.7 Å². The van der Waals surface area contributed by atoms with Gasteiger partial charge in [0.15, 0.2) is 0 Å². The van der Waals surface area contributed by atoms with Crippen LogP contribution in [0.1, 0.15) is 17.7 Å². The summed E-state index contributed by atoms with van der Waals surface area (Å²) in [5.74, 6) is 1.86. The molecule has 4 rings (SSSR count). The number of fused-ring (bicyclic) bond motifs is 1. The summed E-state index contributed by atoms with van der Waals surface area (Å²) in [6.07, 6.45) is 2.26. The lowest BCUT2D eigenvalue weighted by molar-refractivity contribution is -0.137. The van der Waals surface area contributed by atoms with Gasteiger partial charge in [-0.1, -0.05) is 0 Å². The van der Waals surface area contributed by atoms with Gasteiger partial charge in [0.1, 0.15) is 30.0 Å². The number of aromatic amines is 1. The summed E-state index contributed by atoms with van der Waals surface area (Å²) in [7, 11) is 1.59. The number of amides is 2. The van der Waals surface area contributed by atoms with Crippen LogP contribution in [0.3, 0.4) is 0 Å². The number of imidazole rings is 2. The number of hydrogen-bond donors (Lipinski definition) is 2. The monoisotopic (exact) mass is 398 g/mol. The molecule has 3 heterocycles. The standard InChI is InChI=1S/C19H22N6O4/c1-12-22-14-4-3-13(29-2)9-15(14)25(12)11-17(26)24-8-7-23(19(27)28)10-16(24)18-20-5-6-21-18/h3-6,9,16H,7-8,10-11H2,1-2H3,(H,20,21)(H,27,28). The fraction of sp³-hybridized carbons (Fsp3) is 0.368. The number of carboxylic acid groups (broad SMARTS) is 1. The number of ether oxygens (including phenoxy) is 1. The number of rotatable bonds is 4. The molecule has 0 spiro atoms. The van der Waals surface area contributed by atoms with Gasteiger partial charge in [-0.2, -0.15) is 0 Å². The highest BCUT2D eigenvalue weighted by molar-refractivity contribution is 5.82. The molecule has 2 aromatic heterocycles. The van der Waals surface area contributed by atoms with E-state index < -0.39 is 12.1 Å². The molecule has 1 aliphatic rings. The van der Waals surface area contributed by atoms with Gasteiger partial charge in [-0.3, -0.25) is 4.79 Å². The van der Waals surface area contributed by atoms with E-state index in [-0.39, 0.29) is 25.5 Å². The molecule has 3 aromatic rings. The van der Waals surface area contributed by atoms with Gasteiger partial charge in [0, 0.05) is 31.5 Å². The molecule has 1 saturated heterocycles. The molecular formula is C19H22N6O4. The van der Waals surface area contributed by atoms with Crippen LogP contribution in [0.15, 0.2) is 30.6 Å². The Balaban J connectivity index is 1.62. The number of carbonyl (C=O) groups is 2. The molecular weight excluding hydrogens is 376 g/mol. The Morgan fingerprint density at radius 1 is 1.34 bits per heavy atom. The van der Waals surface area contributed by atoms with Crippen LogP contribution in [0.25, 0.3) is 11.0 Å². The maximum absolute atomic E-state index is 13.2. The first-order chi connectivity index (χ1) is 14.0. The molecule has 2 amide bonds. The lowest BCUT2D eigenvalue weighted by Crippen LogP contribution is -2.53. The number of piperazine rings is 1. The van der Waals surface area contributed by atoms with Gasteiger partial charge in [-0.15, -0.1) is 0 Å². The maximum Gasteiger partial charge on any atom is 0.407 e. The van der Waals surface area contributed by atoms with E-state index in [4.69, 9.17) is 4.74 Å². The average Bonchev–Trinajstić information content (AvgIpc) is 3.35. The van der Waals surface area contributed by atoms with Crippen LogP contribution < -0.4 is 4.74 Å². The van der Waals surface area contributed by atoms with Gasteiger partial charge in [0.05, 0.1) is 24.7 Å². The third-order valence-electron chi connectivity index (χ3n) is 5.25. The van der Waals surface area contributed by atoms with Crippen molar-refractivity contribution in [1.82, 2.24) is 29.3 Å². The van der Waals surface area contributed by atoms with Gasteiger partial charge in [-0.05, 0) is 19.1 Å². The predicted octanol–water partition coefficient (Wildman–Crippen LogP) is 1.64. The molecule has 2 N–H and O–H groups in total. The summed E-state index contributed by atoms with van der Waals surface area (Å²) in [6, 6.07) is 5.08. The predicted molar refractivity (Wildman–Crippen MR) is 104 cm³/mol. The minimum absolute atomic E-state index is 0.0970. The van der Waals surface area contributed by atoms with Crippen molar-refractivity contribution >= 4 is 23.0 Å². The van der Waals surface area contributed by atoms with E-state index in [9.17, 15) is 14.7 Å². The molecule has 0 aliphatic carbocycles. The molecule has 0 radical (unpaired) electrons. The highest BCUT2D eigenvalue weighted by Crippen LogP contribution is 2.26. The van der Waals surface area contributed by atoms with Crippen LogP contribution in [0.4, 0.5) is 4.79 Å². The van der Waals surface area contributed by atoms with Crippen molar-refractivity contribution in [3.63, 3.8) is 0 Å². The number of carbonyl (C=O) groups excluding carboxylic acids is 1. The van der Waals surface area contributed by atoms with E-state index in [0.29, 0.717) is 18.1 Å². The van der Waals surface area contributed by atoms with E-state index in [1.54, 1.807) is 24.4 Å². The van der Waals surface area contributed by atoms with E-state index in [2.05, 4.69) is 15.0 Å². The molecule has 1 fully saturated rings. The quantitative estimate of drug-likeness (QED) is 0.690. The molecule has 152 valence electrons. The Morgan fingerprint density at radius 3 is 2.86 bits per heavy atom. The highest BCUT2D eigenvalue weighted by atomic mass is 16.5. The van der Waals surface area contributed by atoms with Crippen LogP contribution in [0.2, 0.25) is 0 Å². The maximum atomic E-state index is 13.2. The summed E-state index contributed by atoms with van der Waals surface area (Å²) in [5, 5.41) is 9.36. The highest BCUT2D eigenvalue weighted by Gasteiger charge is 2.35. The van der Waals surface area contributed by atoms with Gasteiger partial charge in [-0.25, -0.2) is 14.8 Å². The number of benzene rings is 1. The topological polar surface area (TPSA) is 117 Å². The third kappa shape index (κ3) is 3.48. The van der Waals surface area contributed by atoms with Crippen LogP contribution >= 0.6 is 0 Å². The second kappa shape index (κ2) is 7.46. The smallest absolute Gasteiger partial charge is 0.407 e. The van der Waals surface area contributed by atoms with Crippen molar-refractivity contribution in [2.75, 3.05) is 26.7 Å². The largest absolute Gasteiger partial charge is 0.497 e. The number of aromatic nitrogens is 4. The number of hydrogen-bond acceptors (Lipinski definition) is 5. The van der Waals surface area contributed by atoms with E-state index >= 15 is 0 Å². The number of methoxy groups -OCH3 is 1. The number of H-pyrrole nitrogens is 1. The Morgan fingerprint density at radius 2 is 2.17 bits per heavy atom. The third-order valence-corrected chi connectivity index (χ3v) is 5.25. The normalized spacial score (nSPS) is 17.0. The van der Waals surface area contributed by atoms with E-state index in [1.165, 1.54) is 4.90 Å². The van der Waals surface area contributed by atoms with Crippen LogP contribution in [0, 0.1) is 6.92 Å². The van der Waals surface area contributed by atoms with Crippen LogP contribution in [-0.2, 0) is 11.3 Å². The second-order valence-electron chi connectivity index (χ2n) is 6.91. The minimum Gasteiger partial charge on any atom is -0.497 e. The van der Waals surface area contributed by atoms with Gasteiger partial charge < -0.3 is 29.2 Å². The molecule has 0 bridgehead atoms. The summed E-state index contributed by atoms with van der Waals surface area (Å²) in [4.78, 5) is 39.4. The first-order valence-corrected chi connectivity index (χ1v) is 9.25.